The number of carbonyl (C=O) groups excluding carboxylic acids is 1. The number of aromatic nitrogens is 2. The minimum Gasteiger partial charge on any atom is -0.320 e. The van der Waals surface area contributed by atoms with Crippen LogP contribution in [0.3, 0.4) is 0 Å². The summed E-state index contributed by atoms with van der Waals surface area (Å²) >= 11 is 1.74. The predicted molar refractivity (Wildman–Crippen MR) is 88.9 cm³/mol. The van der Waals surface area contributed by atoms with Gasteiger partial charge in [-0.1, -0.05) is 19.1 Å². The van der Waals surface area contributed by atoms with E-state index in [0.717, 1.165) is 25.2 Å². The second kappa shape index (κ2) is 6.70. The summed E-state index contributed by atoms with van der Waals surface area (Å²) in [7, 11) is 0. The highest BCUT2D eigenvalue weighted by atomic mass is 32.1. The Labute approximate surface area is 133 Å². The van der Waals surface area contributed by atoms with Crippen LogP contribution in [0.5, 0.6) is 0 Å². The van der Waals surface area contributed by atoms with Crippen molar-refractivity contribution in [2.45, 2.75) is 19.8 Å². The Morgan fingerprint density at radius 1 is 1.41 bits per heavy atom. The number of hydrogen-bond acceptors (Lipinski definition) is 4. The van der Waals surface area contributed by atoms with Gasteiger partial charge in [0.1, 0.15) is 5.82 Å². The highest BCUT2D eigenvalue weighted by Crippen LogP contribution is 2.26. The Kier molecular flexibility index (Phi) is 4.48. The number of thiophene rings is 1. The summed E-state index contributed by atoms with van der Waals surface area (Å²) in [5, 5.41) is 4.93. The normalized spacial score (nSPS) is 14.6. The van der Waals surface area contributed by atoms with Gasteiger partial charge >= 0.3 is 6.03 Å². The first-order valence-electron chi connectivity index (χ1n) is 7.36. The largest absolute Gasteiger partial charge is 0.322 e. The second-order valence-electron chi connectivity index (χ2n) is 5.07. The molecule has 0 aromatic carbocycles. The third-order valence-corrected chi connectivity index (χ3v) is 4.55. The van der Waals surface area contributed by atoms with Crippen LogP contribution in [0.1, 0.15) is 24.0 Å². The Bertz CT molecular complexity index is 664. The van der Waals surface area contributed by atoms with Crippen LogP contribution >= 0.6 is 11.3 Å². The molecule has 5 nitrogen and oxygen atoms in total. The van der Waals surface area contributed by atoms with E-state index in [1.165, 1.54) is 10.5 Å². The van der Waals surface area contributed by atoms with Gasteiger partial charge in [-0.2, -0.15) is 0 Å². The zero-order valence-electron chi connectivity index (χ0n) is 12.5. The van der Waals surface area contributed by atoms with Crippen molar-refractivity contribution < 1.29 is 4.79 Å². The molecule has 0 radical (unpaired) electrons. The lowest BCUT2D eigenvalue weighted by atomic mass is 10.1. The summed E-state index contributed by atoms with van der Waals surface area (Å²) in [4.78, 5) is 23.7. The molecule has 3 heterocycles. The van der Waals surface area contributed by atoms with E-state index < -0.39 is 0 Å². The molecule has 0 spiro atoms. The Balaban J connectivity index is 1.59. The van der Waals surface area contributed by atoms with Crippen LogP contribution in [0, 0.1) is 0 Å². The average Bonchev–Trinajstić information content (AvgIpc) is 3.10. The molecular weight excluding hydrogens is 296 g/mol. The fourth-order valence-electron chi connectivity index (χ4n) is 2.34. The lowest BCUT2D eigenvalue weighted by molar-refractivity contribution is 0.217. The van der Waals surface area contributed by atoms with Gasteiger partial charge in [0.25, 0.3) is 0 Å². The molecule has 0 bridgehead atoms. The van der Waals surface area contributed by atoms with Crippen molar-refractivity contribution in [1.29, 1.82) is 0 Å². The minimum atomic E-state index is -0.102. The molecular formula is C16H18N4OS. The van der Waals surface area contributed by atoms with Gasteiger partial charge < -0.3 is 10.2 Å². The molecule has 1 aliphatic rings. The highest BCUT2D eigenvalue weighted by Gasteiger charge is 2.18. The van der Waals surface area contributed by atoms with Gasteiger partial charge in [-0.05, 0) is 23.4 Å². The van der Waals surface area contributed by atoms with E-state index >= 15 is 0 Å². The molecule has 0 atom stereocenters. The van der Waals surface area contributed by atoms with Gasteiger partial charge in [-0.15, -0.1) is 11.3 Å². The van der Waals surface area contributed by atoms with Gasteiger partial charge in [0.2, 0.25) is 0 Å². The van der Waals surface area contributed by atoms with Crippen molar-refractivity contribution in [3.05, 3.63) is 46.7 Å². The Hall–Kier alpha value is -2.21. The molecule has 2 aromatic rings. The quantitative estimate of drug-likeness (QED) is 0.944. The molecule has 6 heteroatoms. The smallest absolute Gasteiger partial charge is 0.320 e. The number of rotatable bonds is 3. The van der Waals surface area contributed by atoms with Crippen LogP contribution in [0.15, 0.2) is 36.0 Å². The van der Waals surface area contributed by atoms with Crippen LogP contribution < -0.4 is 5.32 Å². The number of nitrogens with zero attached hydrogens (tertiary/aromatic N) is 3. The zero-order valence-corrected chi connectivity index (χ0v) is 13.3. The molecule has 2 aromatic heterocycles. The first kappa shape index (κ1) is 14.7. The molecule has 0 fully saturated rings. The van der Waals surface area contributed by atoms with Crippen molar-refractivity contribution in [2.75, 3.05) is 18.4 Å². The molecule has 0 aliphatic carbocycles. The number of carbonyl (C=O) groups is 1. The van der Waals surface area contributed by atoms with E-state index in [2.05, 4.69) is 38.9 Å². The third kappa shape index (κ3) is 3.33. The maximum Gasteiger partial charge on any atom is 0.322 e. The number of aryl methyl sites for hydroxylation is 1. The van der Waals surface area contributed by atoms with E-state index in [1.807, 2.05) is 6.92 Å². The molecule has 114 valence electrons. The van der Waals surface area contributed by atoms with Crippen molar-refractivity contribution >= 4 is 28.6 Å². The van der Waals surface area contributed by atoms with Gasteiger partial charge in [0.05, 0.1) is 18.1 Å². The molecule has 0 saturated carbocycles. The minimum absolute atomic E-state index is 0.102. The Morgan fingerprint density at radius 2 is 2.23 bits per heavy atom. The maximum absolute atomic E-state index is 12.2. The highest BCUT2D eigenvalue weighted by molar-refractivity contribution is 7.11. The number of anilines is 1. The predicted octanol–water partition coefficient (Wildman–Crippen LogP) is 3.42. The summed E-state index contributed by atoms with van der Waals surface area (Å²) in [6.45, 7) is 3.36. The van der Waals surface area contributed by atoms with Crippen molar-refractivity contribution in [3.8, 4) is 0 Å². The lowest BCUT2D eigenvalue weighted by Crippen LogP contribution is -2.37. The number of urea groups is 1. The maximum atomic E-state index is 12.2. The molecule has 3 rings (SSSR count). The summed E-state index contributed by atoms with van der Waals surface area (Å²) in [6.07, 6.45) is 7.11. The summed E-state index contributed by atoms with van der Waals surface area (Å²) in [5.41, 5.74) is 1.96. The first-order chi connectivity index (χ1) is 10.8. The van der Waals surface area contributed by atoms with Crippen LogP contribution in [0.2, 0.25) is 0 Å². The summed E-state index contributed by atoms with van der Waals surface area (Å²) in [5.74, 6) is 0.777. The van der Waals surface area contributed by atoms with Crippen molar-refractivity contribution in [1.82, 2.24) is 14.9 Å². The molecule has 1 aliphatic heterocycles. The van der Waals surface area contributed by atoms with Crippen molar-refractivity contribution in [2.24, 2.45) is 0 Å². The van der Waals surface area contributed by atoms with E-state index in [-0.39, 0.29) is 6.03 Å². The van der Waals surface area contributed by atoms with E-state index in [4.69, 9.17) is 0 Å². The van der Waals surface area contributed by atoms with E-state index in [1.54, 1.807) is 28.6 Å². The molecule has 0 saturated heterocycles. The fraction of sp³-hybridized carbons (Fsp3) is 0.312. The molecule has 2 amide bonds. The van der Waals surface area contributed by atoms with Gasteiger partial charge in [-0.25, -0.2) is 14.8 Å². The van der Waals surface area contributed by atoms with Crippen LogP contribution in [0.25, 0.3) is 5.57 Å². The van der Waals surface area contributed by atoms with E-state index in [9.17, 15) is 4.79 Å². The van der Waals surface area contributed by atoms with Gasteiger partial charge in [0, 0.05) is 24.4 Å². The van der Waals surface area contributed by atoms with Crippen molar-refractivity contribution in [3.63, 3.8) is 0 Å². The van der Waals surface area contributed by atoms with E-state index in [0.29, 0.717) is 12.2 Å². The molecule has 22 heavy (non-hydrogen) atoms. The summed E-state index contributed by atoms with van der Waals surface area (Å²) < 4.78 is 0. The fourth-order valence-corrected chi connectivity index (χ4v) is 3.14. The number of nitrogens with one attached hydrogen (secondary N) is 1. The third-order valence-electron chi connectivity index (χ3n) is 3.61. The van der Waals surface area contributed by atoms with Crippen LogP contribution in [-0.4, -0.2) is 34.0 Å². The topological polar surface area (TPSA) is 58.1 Å². The summed E-state index contributed by atoms with van der Waals surface area (Å²) in [6, 6.07) is 4.08. The van der Waals surface area contributed by atoms with Crippen LogP contribution in [-0.2, 0) is 6.42 Å². The zero-order chi connectivity index (χ0) is 15.4. The molecule has 1 N–H and O–H groups in total. The van der Waals surface area contributed by atoms with Gasteiger partial charge in [0.15, 0.2) is 0 Å². The van der Waals surface area contributed by atoms with Gasteiger partial charge in [-0.3, -0.25) is 0 Å². The second-order valence-corrected chi connectivity index (χ2v) is 6.02. The number of amides is 2. The Morgan fingerprint density at radius 3 is 2.82 bits per heavy atom. The first-order valence-corrected chi connectivity index (χ1v) is 8.24. The van der Waals surface area contributed by atoms with Crippen LogP contribution in [0.4, 0.5) is 10.5 Å². The monoisotopic (exact) mass is 314 g/mol. The lowest BCUT2D eigenvalue weighted by Gasteiger charge is -2.26. The average molecular weight is 314 g/mol. The standard InChI is InChI=1S/C16H18N4OS/c1-2-15-17-10-13(11-18-15)19-16(21)20-7-5-12(6-8-20)14-4-3-9-22-14/h3-5,9-11H,2,6-8H2,1H3,(H,19,21). The number of hydrogen-bond donors (Lipinski definition) is 1. The molecule has 0 unspecified atom stereocenters. The SMILES string of the molecule is CCc1ncc(NC(=O)N2CC=C(c3cccs3)CC2)cn1.